The predicted molar refractivity (Wildman–Crippen MR) is 71.0 cm³/mol. The van der Waals surface area contributed by atoms with Crippen molar-refractivity contribution in [2.45, 2.75) is 4.90 Å². The van der Waals surface area contributed by atoms with Crippen LogP contribution in [0.2, 0.25) is 0 Å². The van der Waals surface area contributed by atoms with Gasteiger partial charge in [-0.15, -0.1) is 0 Å². The summed E-state index contributed by atoms with van der Waals surface area (Å²) in [6, 6.07) is 4.85. The molecular weight excluding hydrogens is 312 g/mol. The average Bonchev–Trinajstić information content (AvgIpc) is 2.45. The lowest BCUT2D eigenvalue weighted by Crippen LogP contribution is -2.21. The zero-order valence-electron chi connectivity index (χ0n) is 10.7. The first kappa shape index (κ1) is 14.2. The number of fused-ring (bicyclic) bond motifs is 2. The summed E-state index contributed by atoms with van der Waals surface area (Å²) in [5.41, 5.74) is -1.23. The molecule has 0 aliphatic heterocycles. The number of carbonyl (C=O) groups excluding carboxylic acids is 2. The monoisotopic (exact) mass is 319 g/mol. The lowest BCUT2D eigenvalue weighted by molar-refractivity contribution is 0.0974. The first-order valence-corrected chi connectivity index (χ1v) is 7.37. The Balaban J connectivity index is 2.35. The number of ketones is 2. The quantitative estimate of drug-likeness (QED) is 0.500. The van der Waals surface area contributed by atoms with Crippen molar-refractivity contribution in [1.29, 1.82) is 0 Å². The highest BCUT2D eigenvalue weighted by atomic mass is 32.2. The second-order valence-corrected chi connectivity index (χ2v) is 6.05. The van der Waals surface area contributed by atoms with Crippen LogP contribution in [-0.2, 0) is 10.1 Å². The molecule has 112 valence electrons. The number of carbonyl (C=O) groups is 2. The van der Waals surface area contributed by atoms with Crippen LogP contribution in [-0.4, -0.2) is 34.8 Å². The molecular formula is C14H7O7S-. The summed E-state index contributed by atoms with van der Waals surface area (Å²) < 4.78 is 33.1. The summed E-state index contributed by atoms with van der Waals surface area (Å²) >= 11 is 0. The van der Waals surface area contributed by atoms with Crippen molar-refractivity contribution in [3.05, 3.63) is 52.6 Å². The number of hydrogen-bond donors (Lipinski definition) is 2. The smallest absolute Gasteiger partial charge is 0.198 e. The van der Waals surface area contributed by atoms with Crippen LogP contribution in [0.4, 0.5) is 0 Å². The molecule has 8 heteroatoms. The van der Waals surface area contributed by atoms with Crippen LogP contribution in [0.25, 0.3) is 0 Å². The van der Waals surface area contributed by atoms with Crippen LogP contribution in [0.1, 0.15) is 31.8 Å². The Morgan fingerprint density at radius 1 is 0.818 bits per heavy atom. The van der Waals surface area contributed by atoms with E-state index in [0.29, 0.717) is 0 Å². The fourth-order valence-corrected chi connectivity index (χ4v) is 2.87. The van der Waals surface area contributed by atoms with E-state index in [1.807, 2.05) is 0 Å². The van der Waals surface area contributed by atoms with Gasteiger partial charge in [0, 0.05) is 11.1 Å². The maximum Gasteiger partial charge on any atom is 0.198 e. The fraction of sp³-hybridized carbons (Fsp3) is 0. The molecule has 0 unspecified atom stereocenters. The summed E-state index contributed by atoms with van der Waals surface area (Å²) in [5, 5.41) is 19.5. The topological polar surface area (TPSA) is 132 Å². The van der Waals surface area contributed by atoms with Gasteiger partial charge < -0.3 is 14.8 Å². The summed E-state index contributed by atoms with van der Waals surface area (Å²) in [5.74, 6) is -2.58. The minimum absolute atomic E-state index is 0.147. The van der Waals surface area contributed by atoms with E-state index in [0.717, 1.165) is 30.3 Å². The zero-order chi connectivity index (χ0) is 16.2. The number of phenols is 2. The molecule has 1 aliphatic carbocycles. The van der Waals surface area contributed by atoms with Gasteiger partial charge in [-0.25, -0.2) is 8.42 Å². The number of benzene rings is 2. The van der Waals surface area contributed by atoms with Crippen LogP contribution < -0.4 is 0 Å². The molecule has 2 aromatic rings. The lowest BCUT2D eigenvalue weighted by Gasteiger charge is -2.20. The highest BCUT2D eigenvalue weighted by Crippen LogP contribution is 2.37. The van der Waals surface area contributed by atoms with Gasteiger partial charge in [0.05, 0.1) is 16.0 Å². The van der Waals surface area contributed by atoms with Gasteiger partial charge in [-0.05, 0) is 30.3 Å². The average molecular weight is 319 g/mol. The van der Waals surface area contributed by atoms with Crippen molar-refractivity contribution in [3.8, 4) is 11.5 Å². The molecule has 0 saturated carbocycles. The molecule has 0 spiro atoms. The first-order chi connectivity index (χ1) is 10.2. The SMILES string of the molecule is O=C1c2ccc(S(=O)(=O)[O-])cc2C(=O)c2c(O)ccc(O)c21. The summed E-state index contributed by atoms with van der Waals surface area (Å²) in [6.45, 7) is 0. The number of phenolic OH excluding ortho intramolecular Hbond substituents is 2. The molecule has 7 nitrogen and oxygen atoms in total. The van der Waals surface area contributed by atoms with Gasteiger partial charge in [-0.3, -0.25) is 9.59 Å². The molecule has 0 fully saturated rings. The van der Waals surface area contributed by atoms with Crippen molar-refractivity contribution < 1.29 is 32.8 Å². The van der Waals surface area contributed by atoms with Gasteiger partial charge in [0.15, 0.2) is 11.6 Å². The maximum atomic E-state index is 12.4. The molecule has 0 radical (unpaired) electrons. The van der Waals surface area contributed by atoms with Crippen LogP contribution in [0, 0.1) is 0 Å². The fourth-order valence-electron chi connectivity index (χ4n) is 2.37. The van der Waals surface area contributed by atoms with Gasteiger partial charge in [0.25, 0.3) is 0 Å². The third-order valence-corrected chi connectivity index (χ3v) is 4.22. The number of aromatic hydroxyl groups is 2. The molecule has 0 heterocycles. The highest BCUT2D eigenvalue weighted by molar-refractivity contribution is 7.85. The normalized spacial score (nSPS) is 13.7. The molecule has 22 heavy (non-hydrogen) atoms. The second-order valence-electron chi connectivity index (χ2n) is 4.67. The Hall–Kier alpha value is -2.71. The van der Waals surface area contributed by atoms with Gasteiger partial charge in [-0.1, -0.05) is 0 Å². The largest absolute Gasteiger partial charge is 0.744 e. The molecule has 1 aliphatic rings. The van der Waals surface area contributed by atoms with Crippen LogP contribution in [0.15, 0.2) is 35.2 Å². The Bertz CT molecular complexity index is 957. The van der Waals surface area contributed by atoms with Crippen molar-refractivity contribution >= 4 is 21.7 Å². The van der Waals surface area contributed by atoms with E-state index in [9.17, 15) is 32.8 Å². The van der Waals surface area contributed by atoms with Crippen molar-refractivity contribution in [1.82, 2.24) is 0 Å². The third-order valence-electron chi connectivity index (χ3n) is 3.38. The molecule has 0 aromatic heterocycles. The molecule has 0 bridgehead atoms. The third kappa shape index (κ3) is 1.89. The van der Waals surface area contributed by atoms with Gasteiger partial charge in [0.1, 0.15) is 21.6 Å². The van der Waals surface area contributed by atoms with E-state index in [-0.39, 0.29) is 16.7 Å². The van der Waals surface area contributed by atoms with Crippen molar-refractivity contribution in [2.75, 3.05) is 0 Å². The maximum absolute atomic E-state index is 12.4. The van der Waals surface area contributed by atoms with E-state index < -0.39 is 43.6 Å². The summed E-state index contributed by atoms with van der Waals surface area (Å²) in [6.07, 6.45) is 0. The van der Waals surface area contributed by atoms with Crippen molar-refractivity contribution in [2.24, 2.45) is 0 Å². The minimum atomic E-state index is -4.80. The van der Waals surface area contributed by atoms with Gasteiger partial charge >= 0.3 is 0 Å². The molecule has 2 aromatic carbocycles. The highest BCUT2D eigenvalue weighted by Gasteiger charge is 2.34. The zero-order valence-corrected chi connectivity index (χ0v) is 11.5. The Kier molecular flexibility index (Phi) is 2.84. The van der Waals surface area contributed by atoms with Crippen LogP contribution >= 0.6 is 0 Å². The number of hydrogen-bond acceptors (Lipinski definition) is 7. The van der Waals surface area contributed by atoms with Gasteiger partial charge in [0.2, 0.25) is 0 Å². The van der Waals surface area contributed by atoms with Crippen LogP contribution in [0.5, 0.6) is 11.5 Å². The van der Waals surface area contributed by atoms with Gasteiger partial charge in [-0.2, -0.15) is 0 Å². The minimum Gasteiger partial charge on any atom is -0.744 e. The second kappa shape index (κ2) is 4.39. The van der Waals surface area contributed by atoms with E-state index in [1.165, 1.54) is 0 Å². The van der Waals surface area contributed by atoms with Crippen molar-refractivity contribution in [3.63, 3.8) is 0 Å². The molecule has 0 amide bonds. The Morgan fingerprint density at radius 3 is 1.82 bits per heavy atom. The first-order valence-electron chi connectivity index (χ1n) is 5.96. The molecule has 3 rings (SSSR count). The predicted octanol–water partition coefficient (Wildman–Crippen LogP) is 0.777. The molecule has 2 N–H and O–H groups in total. The van der Waals surface area contributed by atoms with Crippen LogP contribution in [0.3, 0.4) is 0 Å². The van der Waals surface area contributed by atoms with E-state index >= 15 is 0 Å². The summed E-state index contributed by atoms with van der Waals surface area (Å²) in [4.78, 5) is 24.1. The Labute approximate surface area is 124 Å². The van der Waals surface area contributed by atoms with E-state index in [2.05, 4.69) is 0 Å². The molecule has 0 saturated heterocycles. The number of rotatable bonds is 1. The van der Waals surface area contributed by atoms with E-state index in [1.54, 1.807) is 0 Å². The molecule has 0 atom stereocenters. The van der Waals surface area contributed by atoms with E-state index in [4.69, 9.17) is 0 Å². The Morgan fingerprint density at radius 2 is 1.32 bits per heavy atom. The standard InChI is InChI=1S/C14H8O7S/c15-9-3-4-10(16)12-11(9)13(17)7-2-1-6(22(19,20)21)5-8(7)14(12)18/h1-5,15-16H,(H,19,20,21)/p-1. The lowest BCUT2D eigenvalue weighted by atomic mass is 9.83. The summed E-state index contributed by atoms with van der Waals surface area (Å²) in [7, 11) is -4.80.